The van der Waals surface area contributed by atoms with Crippen molar-refractivity contribution in [3.63, 3.8) is 0 Å². The fraction of sp³-hybridized carbons (Fsp3) is 0. The van der Waals surface area contributed by atoms with Gasteiger partial charge in [-0.05, 0) is 0 Å². The van der Waals surface area contributed by atoms with Gasteiger partial charge in [0, 0.05) is 0 Å². The SMILES string of the molecule is [B]B([B])B([B])B(B(B([B])[B])B([B])[B])B(B(B(B([B])[B])B([B])[B])B(B([B])[B])B([B])[B])B(B(B(B=O)B(B(B(B(B([B])[B])B([B])[B])B(B([B])[B])B([B])[B])B(B(B([B])[B])B([B])[B])B(B([B])[B])B([B])[B])B(B(B(B([B])[B])B([B])[B])B(B([B])[B])B([B])[B])B(B(B([B])[B])B([B])[B])B(B([B])[B])B([B])[B])B(B(B(B([B])[B])B([B])[B])B(B([B])[B])B([B])[B])B(B(B([B])[B])B([B])[B])B(B([B])[B])B([B])[B])B(B(B([B])[B])B([B])[B])B(B([B])[B])B([B])[B]. The molecule has 0 fully saturated rings. The quantitative estimate of drug-likeness (QED) is 0.0555. The summed E-state index contributed by atoms with van der Waals surface area (Å²) < 4.78 is 19.5. The summed E-state index contributed by atoms with van der Waals surface area (Å²) in [4.78, 5) is 0. The third-order valence-electron chi connectivity index (χ3n) is 30.8. The van der Waals surface area contributed by atoms with Crippen LogP contribution in [0.2, 0.25) is 0 Å². The summed E-state index contributed by atoms with van der Waals surface area (Å²) >= 11 is 0. The minimum atomic E-state index is -3.15. The van der Waals surface area contributed by atoms with Crippen molar-refractivity contribution in [3.05, 3.63) is 0 Å². The first-order valence-corrected chi connectivity index (χ1v) is 47.2. The van der Waals surface area contributed by atoms with Crippen LogP contribution >= 0.6 is 0 Å². The van der Waals surface area contributed by atoms with E-state index >= 15 is 4.70 Å². The summed E-state index contributed by atoms with van der Waals surface area (Å²) in [5.74, 6) is 0. The van der Waals surface area contributed by atoms with Crippen molar-refractivity contribution >= 4 is 1000 Å². The van der Waals surface area contributed by atoms with E-state index < -0.39 is 447 Å². The normalized spacial score (nSPS) is 9.85. The first kappa shape index (κ1) is 152. The van der Waals surface area contributed by atoms with Gasteiger partial charge in [-0.2, -0.15) is 0 Å². The Morgan fingerprint density at radius 2 is 0.140 bits per heavy atom. The van der Waals surface area contributed by atoms with E-state index in [1.807, 2.05) is 0 Å². The Balaban J connectivity index is 17.8. The van der Waals surface area contributed by atoms with E-state index in [0.29, 0.717) is 0 Å². The molecule has 143 heavy (non-hydrogen) atoms. The summed E-state index contributed by atoms with van der Waals surface area (Å²) in [5, 5.41) is 0. The molecule has 1 nitrogen and oxygen atoms in total. The van der Waals surface area contributed by atoms with Crippen molar-refractivity contribution in [2.75, 3.05) is 0 Å². The molecule has 142 radical (unpaired) electrons. The van der Waals surface area contributed by atoms with Gasteiger partial charge in [0.2, 0.25) is 0 Å². The molecule has 0 aliphatic rings. The molecule has 0 rings (SSSR count). The van der Waals surface area contributed by atoms with Crippen molar-refractivity contribution in [3.8, 4) is 0 Å². The van der Waals surface area contributed by atoms with Crippen LogP contribution in [0.4, 0.5) is 0 Å². The second-order valence-corrected chi connectivity index (χ2v) is 40.6. The second-order valence-electron chi connectivity index (χ2n) is 40.6. The summed E-state index contributed by atoms with van der Waals surface area (Å²) in [5.41, 5.74) is 0. The molecule has 0 unspecified atom stereocenters. The van der Waals surface area contributed by atoms with Crippen LogP contribution < -0.4 is 0 Å². The maximum atomic E-state index is 19.5. The zero-order chi connectivity index (χ0) is 113. The second kappa shape index (κ2) is 70.2. The number of rotatable bonds is 70. The van der Waals surface area contributed by atoms with E-state index in [-0.39, 0.29) is 7.04 Å². The van der Waals surface area contributed by atoms with E-state index in [4.69, 9.17) is 549 Å². The summed E-state index contributed by atoms with van der Waals surface area (Å²) in [6.07, 6.45) is -161. The van der Waals surface area contributed by atoms with E-state index in [9.17, 15) is 0 Å². The average Bonchev–Trinajstić information content (AvgIpc) is 0.701. The Kier molecular flexibility index (Phi) is 74.6. The molecule has 0 aliphatic heterocycles. The fourth-order valence-corrected chi connectivity index (χ4v) is 26.1. The molecular formula is B142O. The average molecular weight is 1550 g/mol. The molecule has 143 heteroatoms. The first-order chi connectivity index (χ1) is 65.1. The minimum absolute atomic E-state index is 0.122. The topological polar surface area (TPSA) is 17.1 Å². The van der Waals surface area contributed by atoms with Gasteiger partial charge in [0.25, 0.3) is 0 Å². The molecule has 0 aromatic rings. The summed E-state index contributed by atoms with van der Waals surface area (Å²) in [6.45, 7) is 0. The monoisotopic (exact) mass is 1580 g/mol. The van der Waals surface area contributed by atoms with Crippen LogP contribution in [0, 0.1) is 0 Å². The Bertz CT molecular complexity index is 2710. The standard InChI is InChI=1S/B142O/c1-73(2)108(71)127(110(74(3)4)75(5)6)138(130(111(76(7)8)77(9)10)112(78(11)12)79(13)14)142(137(125(104(63)64)105(65)66)126(106(67)68)107(69)70)129(141(135(121(96(47)48)97(49)50)122(98(51)52)99(53)54)136(123(100(55)56)101(57)58)124(102(59)60)103(61)62)109(72-143)128(139(131(113(80(15)16)81(17)18)114(82(19)20)83(21)22)132(115(84(23)24)85(25)26)116(86(27)28)87(29)30)140(133(117(88(31)32)89(33)34)118(90(35)36)91(37)38)134(119(92(39)40)93(41)42)120(94(43)44)95(45)46. The molecule has 0 aromatic carbocycles. The molecule has 0 N–H and O–H groups in total. The molecule has 0 heterocycles. The molecule has 0 saturated heterocycles. The van der Waals surface area contributed by atoms with Gasteiger partial charge in [-0.15, -0.1) is 0 Å². The zero-order valence-corrected chi connectivity index (χ0v) is 82.4. The van der Waals surface area contributed by atoms with Gasteiger partial charge < -0.3 is 0 Å². The summed E-state index contributed by atoms with van der Waals surface area (Å²) in [6, 6.07) is 0. The third-order valence-corrected chi connectivity index (χ3v) is 30.8. The Hall–Kier alpha value is 9.02. The molecule has 0 spiro atoms. The van der Waals surface area contributed by atoms with Gasteiger partial charge in [-0.25, -0.2) is 0 Å². The molecule has 0 amide bonds. The van der Waals surface area contributed by atoms with Crippen molar-refractivity contribution in [2.24, 2.45) is 0 Å². The molecule has 0 aliphatic carbocycles. The van der Waals surface area contributed by atoms with Crippen LogP contribution in [0.1, 0.15) is 0 Å². The molecule has 432 valence electrons. The van der Waals surface area contributed by atoms with Crippen molar-refractivity contribution in [1.29, 1.82) is 0 Å². The Labute approximate surface area is 996 Å². The maximum absolute atomic E-state index is 19.5. The fourth-order valence-electron chi connectivity index (χ4n) is 26.1. The molecular weight excluding hydrogens is 1550 g/mol. The number of hydrogen-bond acceptors (Lipinski definition) is 1. The van der Waals surface area contributed by atoms with E-state index in [0.717, 1.165) is 0 Å². The van der Waals surface area contributed by atoms with Crippen molar-refractivity contribution in [2.45, 2.75) is 0 Å². The molecule has 0 atom stereocenters. The third kappa shape index (κ3) is 40.7. The predicted molar refractivity (Wildman–Crippen MR) is 818 cm³/mol. The number of hydrogen-bond donors (Lipinski definition) is 0. The van der Waals surface area contributed by atoms with E-state index in [2.05, 4.69) is 0 Å². The van der Waals surface area contributed by atoms with Crippen LogP contribution in [-0.4, -0.2) is 1000 Å². The van der Waals surface area contributed by atoms with Gasteiger partial charge in [0.05, 0.1) is 0 Å². The predicted octanol–water partition coefficient (Wildman–Crippen LogP) is -54.2. The van der Waals surface area contributed by atoms with Gasteiger partial charge >= 0.3 is 1010 Å². The van der Waals surface area contributed by atoms with Gasteiger partial charge in [-0.1, -0.05) is 0 Å². The zero-order valence-electron chi connectivity index (χ0n) is 82.4. The van der Waals surface area contributed by atoms with E-state index in [1.54, 1.807) is 0 Å². The van der Waals surface area contributed by atoms with Crippen LogP contribution in [-0.2, 0) is 4.70 Å². The van der Waals surface area contributed by atoms with Gasteiger partial charge in [0.15, 0.2) is 0 Å². The van der Waals surface area contributed by atoms with Crippen molar-refractivity contribution < 1.29 is 4.70 Å². The van der Waals surface area contributed by atoms with Gasteiger partial charge in [-0.3, -0.25) is 0 Å². The van der Waals surface area contributed by atoms with Crippen LogP contribution in [0.3, 0.4) is 0 Å². The molecule has 0 saturated carbocycles. The Morgan fingerprint density at radius 1 is 0.0769 bits per heavy atom. The van der Waals surface area contributed by atoms with Crippen LogP contribution in [0.5, 0.6) is 0 Å². The van der Waals surface area contributed by atoms with Crippen molar-refractivity contribution in [1.82, 2.24) is 0 Å². The van der Waals surface area contributed by atoms with E-state index in [1.165, 1.54) is 0 Å². The molecule has 0 bridgehead atoms. The van der Waals surface area contributed by atoms with Gasteiger partial charge in [0.1, 0.15) is 0 Å². The first-order valence-electron chi connectivity index (χ1n) is 47.2. The Morgan fingerprint density at radius 3 is 0.203 bits per heavy atom. The summed E-state index contributed by atoms with van der Waals surface area (Å²) in [7, 11) is 528. The molecule has 0 aromatic heterocycles. The van der Waals surface area contributed by atoms with Crippen LogP contribution in [0.15, 0.2) is 0 Å². The van der Waals surface area contributed by atoms with Crippen LogP contribution in [0.25, 0.3) is 0 Å².